The predicted octanol–water partition coefficient (Wildman–Crippen LogP) is 3.65. The molecule has 4 nitrogen and oxygen atoms in total. The van der Waals surface area contributed by atoms with E-state index < -0.39 is 11.9 Å². The van der Waals surface area contributed by atoms with Crippen LogP contribution in [-0.2, 0) is 20.9 Å². The molecule has 0 N–H and O–H groups in total. The highest BCUT2D eigenvalue weighted by Gasteiger charge is 2.14. The largest absolute Gasteiger partial charge is 0.456 e. The Balaban J connectivity index is 1.68. The van der Waals surface area contributed by atoms with E-state index in [4.69, 9.17) is 4.74 Å². The van der Waals surface area contributed by atoms with Crippen molar-refractivity contribution >= 4 is 23.6 Å². The van der Waals surface area contributed by atoms with Gasteiger partial charge in [0.2, 0.25) is 0 Å². The summed E-state index contributed by atoms with van der Waals surface area (Å²) in [5, 5.41) is 0. The predicted molar refractivity (Wildman–Crippen MR) is 95.6 cm³/mol. The van der Waals surface area contributed by atoms with Crippen molar-refractivity contribution in [3.05, 3.63) is 65.7 Å². The summed E-state index contributed by atoms with van der Waals surface area (Å²) >= 11 is 1.40. The summed E-state index contributed by atoms with van der Waals surface area (Å²) in [4.78, 5) is 25.8. The van der Waals surface area contributed by atoms with Gasteiger partial charge in [-0.15, -0.1) is 11.8 Å². The van der Waals surface area contributed by atoms with Crippen LogP contribution in [0.5, 0.6) is 0 Å². The van der Waals surface area contributed by atoms with E-state index in [2.05, 4.69) is 0 Å². The van der Waals surface area contributed by atoms with Gasteiger partial charge in [0.1, 0.15) is 11.6 Å². The molecule has 0 unspecified atom stereocenters. The summed E-state index contributed by atoms with van der Waals surface area (Å²) in [5.74, 6) is -1.14. The van der Waals surface area contributed by atoms with E-state index >= 15 is 0 Å². The quantitative estimate of drug-likeness (QED) is 0.519. The van der Waals surface area contributed by atoms with Gasteiger partial charge in [0.15, 0.2) is 6.61 Å². The number of carbonyl (C=O) groups excluding carboxylic acids is 2. The van der Waals surface area contributed by atoms with Crippen LogP contribution < -0.4 is 0 Å². The lowest BCUT2D eigenvalue weighted by atomic mass is 10.2. The van der Waals surface area contributed by atoms with Crippen LogP contribution in [0.1, 0.15) is 12.0 Å². The number of thioether (sulfide) groups is 1. The summed E-state index contributed by atoms with van der Waals surface area (Å²) in [5.41, 5.74) is 0.394. The van der Waals surface area contributed by atoms with Gasteiger partial charge in [-0.2, -0.15) is 0 Å². The molecule has 138 valence electrons. The van der Waals surface area contributed by atoms with E-state index in [1.54, 1.807) is 30.3 Å². The fourth-order valence-electron chi connectivity index (χ4n) is 2.08. The Morgan fingerprint density at radius 2 is 1.77 bits per heavy atom. The number of amides is 1. The van der Waals surface area contributed by atoms with E-state index in [-0.39, 0.29) is 31.2 Å². The van der Waals surface area contributed by atoms with Gasteiger partial charge >= 0.3 is 5.97 Å². The zero-order valence-corrected chi connectivity index (χ0v) is 15.1. The van der Waals surface area contributed by atoms with Crippen LogP contribution >= 0.6 is 11.8 Å². The van der Waals surface area contributed by atoms with Gasteiger partial charge in [-0.3, -0.25) is 9.59 Å². The molecular formula is C19H19F2NO3S. The van der Waals surface area contributed by atoms with Crippen LogP contribution in [0.3, 0.4) is 0 Å². The first-order valence-electron chi connectivity index (χ1n) is 7.97. The van der Waals surface area contributed by atoms with E-state index in [1.807, 2.05) is 0 Å². The van der Waals surface area contributed by atoms with Crippen molar-refractivity contribution in [2.24, 2.45) is 0 Å². The average Bonchev–Trinajstić information content (AvgIpc) is 2.63. The van der Waals surface area contributed by atoms with Crippen molar-refractivity contribution in [1.29, 1.82) is 0 Å². The number of hydrogen-bond donors (Lipinski definition) is 0. The number of nitrogens with zero attached hydrogens (tertiary/aromatic N) is 1. The molecule has 2 aromatic carbocycles. The monoisotopic (exact) mass is 379 g/mol. The summed E-state index contributed by atoms with van der Waals surface area (Å²) in [6.07, 6.45) is 0.131. The number of halogens is 2. The van der Waals surface area contributed by atoms with Crippen LogP contribution in [0.4, 0.5) is 8.78 Å². The average molecular weight is 379 g/mol. The second-order valence-electron chi connectivity index (χ2n) is 5.55. The molecule has 0 spiro atoms. The van der Waals surface area contributed by atoms with Crippen molar-refractivity contribution in [2.45, 2.75) is 17.9 Å². The third-order valence-corrected chi connectivity index (χ3v) is 4.55. The Morgan fingerprint density at radius 1 is 1.08 bits per heavy atom. The molecule has 2 aromatic rings. The zero-order chi connectivity index (χ0) is 18.9. The Labute approximate surface area is 155 Å². The topological polar surface area (TPSA) is 46.6 Å². The third-order valence-electron chi connectivity index (χ3n) is 3.54. The van der Waals surface area contributed by atoms with Gasteiger partial charge in [-0.25, -0.2) is 8.78 Å². The number of ether oxygens (including phenoxy) is 1. The van der Waals surface area contributed by atoms with Gasteiger partial charge in [0.25, 0.3) is 5.91 Å². The SMILES string of the molecule is CN(Cc1ccccc1F)C(=O)COC(=O)CCSc1ccc(F)cc1. The molecule has 0 aliphatic carbocycles. The van der Waals surface area contributed by atoms with E-state index in [9.17, 15) is 18.4 Å². The lowest BCUT2D eigenvalue weighted by Gasteiger charge is -2.17. The van der Waals surface area contributed by atoms with E-state index in [0.717, 1.165) is 4.90 Å². The normalized spacial score (nSPS) is 10.4. The number of hydrogen-bond acceptors (Lipinski definition) is 4. The van der Waals surface area contributed by atoms with Gasteiger partial charge < -0.3 is 9.64 Å². The molecule has 0 saturated carbocycles. The van der Waals surface area contributed by atoms with Crippen LogP contribution in [-0.4, -0.2) is 36.2 Å². The summed E-state index contributed by atoms with van der Waals surface area (Å²) < 4.78 is 31.3. The zero-order valence-electron chi connectivity index (χ0n) is 14.3. The van der Waals surface area contributed by atoms with Crippen molar-refractivity contribution in [1.82, 2.24) is 4.90 Å². The van der Waals surface area contributed by atoms with E-state index in [0.29, 0.717) is 11.3 Å². The molecular weight excluding hydrogens is 360 g/mol. The summed E-state index contributed by atoms with van der Waals surface area (Å²) in [6, 6.07) is 12.2. The maximum absolute atomic E-state index is 13.6. The number of benzene rings is 2. The molecule has 0 aliphatic heterocycles. The van der Waals surface area contributed by atoms with Crippen molar-refractivity contribution < 1.29 is 23.1 Å². The van der Waals surface area contributed by atoms with Gasteiger partial charge in [-0.05, 0) is 30.3 Å². The second kappa shape index (κ2) is 9.91. The van der Waals surface area contributed by atoms with Gasteiger partial charge in [-0.1, -0.05) is 18.2 Å². The fourth-order valence-corrected chi connectivity index (χ4v) is 2.91. The minimum atomic E-state index is -0.493. The second-order valence-corrected chi connectivity index (χ2v) is 6.72. The highest BCUT2D eigenvalue weighted by atomic mass is 32.2. The molecule has 7 heteroatoms. The molecule has 0 aliphatic rings. The van der Waals surface area contributed by atoms with Crippen LogP contribution in [0.25, 0.3) is 0 Å². The highest BCUT2D eigenvalue weighted by molar-refractivity contribution is 7.99. The molecule has 0 saturated heterocycles. The first-order valence-corrected chi connectivity index (χ1v) is 8.95. The standard InChI is InChI=1S/C19H19F2NO3S/c1-22(12-14-4-2-3-5-17(14)21)18(23)13-25-19(24)10-11-26-16-8-6-15(20)7-9-16/h2-9H,10-13H2,1H3. The molecule has 0 radical (unpaired) electrons. The Bertz CT molecular complexity index is 753. The minimum Gasteiger partial charge on any atom is -0.456 e. The maximum atomic E-state index is 13.6. The van der Waals surface area contributed by atoms with Crippen LogP contribution in [0, 0.1) is 11.6 Å². The Hall–Kier alpha value is -2.41. The number of rotatable bonds is 8. The maximum Gasteiger partial charge on any atom is 0.307 e. The summed E-state index contributed by atoms with van der Waals surface area (Å²) in [6.45, 7) is -0.283. The Kier molecular flexibility index (Phi) is 7.59. The number of likely N-dealkylation sites (N-methyl/N-ethyl adjacent to an activating group) is 1. The molecule has 0 fully saturated rings. The molecule has 0 atom stereocenters. The lowest BCUT2D eigenvalue weighted by molar-refractivity contribution is -0.151. The molecule has 0 heterocycles. The van der Waals surface area contributed by atoms with Crippen molar-refractivity contribution in [2.75, 3.05) is 19.4 Å². The van der Waals surface area contributed by atoms with Gasteiger partial charge in [0, 0.05) is 29.8 Å². The lowest BCUT2D eigenvalue weighted by Crippen LogP contribution is -2.31. The fraction of sp³-hybridized carbons (Fsp3) is 0.263. The first-order chi connectivity index (χ1) is 12.5. The number of carbonyl (C=O) groups is 2. The van der Waals surface area contributed by atoms with Crippen molar-refractivity contribution in [3.8, 4) is 0 Å². The highest BCUT2D eigenvalue weighted by Crippen LogP contribution is 2.19. The molecule has 2 rings (SSSR count). The van der Waals surface area contributed by atoms with Crippen LogP contribution in [0.2, 0.25) is 0 Å². The van der Waals surface area contributed by atoms with E-state index in [1.165, 1.54) is 41.9 Å². The van der Waals surface area contributed by atoms with Crippen molar-refractivity contribution in [3.63, 3.8) is 0 Å². The summed E-state index contributed by atoms with van der Waals surface area (Å²) in [7, 11) is 1.52. The van der Waals surface area contributed by atoms with Crippen LogP contribution in [0.15, 0.2) is 53.4 Å². The number of esters is 1. The Morgan fingerprint density at radius 3 is 2.46 bits per heavy atom. The third kappa shape index (κ3) is 6.48. The molecule has 1 amide bonds. The smallest absolute Gasteiger partial charge is 0.307 e. The first kappa shape index (κ1) is 19.9. The molecule has 0 aromatic heterocycles. The molecule has 0 bridgehead atoms. The minimum absolute atomic E-state index is 0.101. The molecule has 26 heavy (non-hydrogen) atoms. The van der Waals surface area contributed by atoms with Gasteiger partial charge in [0.05, 0.1) is 6.42 Å².